The SMILES string of the molecule is CC(C)(C)c1cc(NC(=O)c2c(F)cc(F)cc2F)n[nH]1. The van der Waals surface area contributed by atoms with Crippen molar-refractivity contribution < 1.29 is 18.0 Å². The van der Waals surface area contributed by atoms with E-state index >= 15 is 0 Å². The topological polar surface area (TPSA) is 57.8 Å². The highest BCUT2D eigenvalue weighted by molar-refractivity contribution is 6.04. The van der Waals surface area contributed by atoms with Crippen LogP contribution in [0.25, 0.3) is 0 Å². The highest BCUT2D eigenvalue weighted by Crippen LogP contribution is 2.22. The first-order valence-electron chi connectivity index (χ1n) is 6.20. The van der Waals surface area contributed by atoms with Gasteiger partial charge in [-0.1, -0.05) is 20.8 Å². The van der Waals surface area contributed by atoms with Gasteiger partial charge in [-0.2, -0.15) is 5.10 Å². The molecule has 2 aromatic rings. The molecule has 4 nitrogen and oxygen atoms in total. The van der Waals surface area contributed by atoms with Gasteiger partial charge >= 0.3 is 0 Å². The van der Waals surface area contributed by atoms with Crippen molar-refractivity contribution in [3.63, 3.8) is 0 Å². The van der Waals surface area contributed by atoms with Crippen molar-refractivity contribution in [2.75, 3.05) is 5.32 Å². The summed E-state index contributed by atoms with van der Waals surface area (Å²) in [6, 6.07) is 2.46. The zero-order chi connectivity index (χ0) is 15.8. The number of halogens is 3. The summed E-state index contributed by atoms with van der Waals surface area (Å²) in [5.74, 6) is -4.52. The van der Waals surface area contributed by atoms with E-state index in [1.165, 1.54) is 0 Å². The van der Waals surface area contributed by atoms with Crippen molar-refractivity contribution in [3.8, 4) is 0 Å². The van der Waals surface area contributed by atoms with Crippen LogP contribution in [0.3, 0.4) is 0 Å². The Morgan fingerprint density at radius 3 is 2.19 bits per heavy atom. The van der Waals surface area contributed by atoms with Gasteiger partial charge in [-0.3, -0.25) is 9.89 Å². The van der Waals surface area contributed by atoms with Gasteiger partial charge in [0.05, 0.1) is 0 Å². The lowest BCUT2D eigenvalue weighted by Gasteiger charge is -2.14. The van der Waals surface area contributed by atoms with Crippen molar-refractivity contribution in [3.05, 3.63) is 46.9 Å². The molecule has 0 aliphatic rings. The van der Waals surface area contributed by atoms with Gasteiger partial charge in [-0.15, -0.1) is 0 Å². The normalized spacial score (nSPS) is 11.5. The number of amides is 1. The smallest absolute Gasteiger partial charge is 0.262 e. The second-order valence-corrected chi connectivity index (χ2v) is 5.62. The second-order valence-electron chi connectivity index (χ2n) is 5.62. The van der Waals surface area contributed by atoms with Gasteiger partial charge < -0.3 is 5.32 Å². The third kappa shape index (κ3) is 3.24. The molecule has 21 heavy (non-hydrogen) atoms. The first kappa shape index (κ1) is 15.1. The van der Waals surface area contributed by atoms with Gasteiger partial charge in [0, 0.05) is 29.3 Å². The number of nitrogens with one attached hydrogen (secondary N) is 2. The van der Waals surface area contributed by atoms with E-state index in [4.69, 9.17) is 0 Å². The molecule has 7 heteroatoms. The molecule has 0 atom stereocenters. The van der Waals surface area contributed by atoms with Gasteiger partial charge in [-0.05, 0) is 0 Å². The zero-order valence-corrected chi connectivity index (χ0v) is 11.7. The molecule has 1 aromatic heterocycles. The third-order valence-corrected chi connectivity index (χ3v) is 2.86. The van der Waals surface area contributed by atoms with Crippen LogP contribution in [-0.2, 0) is 5.41 Å². The average Bonchev–Trinajstić information content (AvgIpc) is 2.75. The molecule has 0 aliphatic carbocycles. The van der Waals surface area contributed by atoms with E-state index < -0.39 is 28.9 Å². The Morgan fingerprint density at radius 1 is 1.14 bits per heavy atom. The van der Waals surface area contributed by atoms with Crippen LogP contribution >= 0.6 is 0 Å². The predicted molar refractivity (Wildman–Crippen MR) is 71.6 cm³/mol. The van der Waals surface area contributed by atoms with Gasteiger partial charge in [-0.25, -0.2) is 13.2 Å². The summed E-state index contributed by atoms with van der Waals surface area (Å²) in [6.45, 7) is 5.81. The number of carbonyl (C=O) groups excluding carboxylic acids is 1. The van der Waals surface area contributed by atoms with Crippen molar-refractivity contribution in [1.82, 2.24) is 10.2 Å². The predicted octanol–water partition coefficient (Wildman–Crippen LogP) is 3.38. The molecule has 1 amide bonds. The summed E-state index contributed by atoms with van der Waals surface area (Å²) in [7, 11) is 0. The quantitative estimate of drug-likeness (QED) is 0.892. The average molecular weight is 297 g/mol. The number of anilines is 1. The number of H-pyrrole nitrogens is 1. The highest BCUT2D eigenvalue weighted by Gasteiger charge is 2.21. The number of carbonyl (C=O) groups is 1. The molecule has 1 aromatic carbocycles. The molecular weight excluding hydrogens is 283 g/mol. The van der Waals surface area contributed by atoms with E-state index in [0.717, 1.165) is 5.69 Å². The molecule has 112 valence electrons. The van der Waals surface area contributed by atoms with Crippen molar-refractivity contribution >= 4 is 11.7 Å². The van der Waals surface area contributed by atoms with Crippen molar-refractivity contribution in [1.29, 1.82) is 0 Å². The molecular formula is C14H14F3N3O. The summed E-state index contributed by atoms with van der Waals surface area (Å²) >= 11 is 0. The van der Waals surface area contributed by atoms with Gasteiger partial charge in [0.1, 0.15) is 23.0 Å². The Kier molecular flexibility index (Phi) is 3.76. The summed E-state index contributed by atoms with van der Waals surface area (Å²) in [4.78, 5) is 11.9. The standard InChI is InChI=1S/C14H14F3N3O/c1-14(2,3)10-6-11(20-19-10)18-13(21)12-8(16)4-7(15)5-9(12)17/h4-6H,1-3H3,(H2,18,19,20,21). The number of nitrogens with zero attached hydrogens (tertiary/aromatic N) is 1. The minimum atomic E-state index is -1.27. The van der Waals surface area contributed by atoms with Gasteiger partial charge in [0.25, 0.3) is 5.91 Å². The van der Waals surface area contributed by atoms with Crippen LogP contribution in [0.15, 0.2) is 18.2 Å². The van der Waals surface area contributed by atoms with E-state index in [-0.39, 0.29) is 11.2 Å². The molecule has 0 saturated heterocycles. The largest absolute Gasteiger partial charge is 0.305 e. The molecule has 0 fully saturated rings. The Morgan fingerprint density at radius 2 is 1.71 bits per heavy atom. The zero-order valence-electron chi connectivity index (χ0n) is 11.7. The minimum Gasteiger partial charge on any atom is -0.305 e. The van der Waals surface area contributed by atoms with Crippen LogP contribution in [0.2, 0.25) is 0 Å². The fourth-order valence-corrected chi connectivity index (χ4v) is 1.71. The first-order valence-corrected chi connectivity index (χ1v) is 6.20. The fraction of sp³-hybridized carbons (Fsp3) is 0.286. The molecule has 0 saturated carbocycles. The van der Waals surface area contributed by atoms with Crippen LogP contribution < -0.4 is 5.32 Å². The molecule has 0 spiro atoms. The van der Waals surface area contributed by atoms with E-state index in [1.54, 1.807) is 6.07 Å². The molecule has 0 aliphatic heterocycles. The summed E-state index contributed by atoms with van der Waals surface area (Å²) in [6.07, 6.45) is 0. The highest BCUT2D eigenvalue weighted by atomic mass is 19.1. The number of hydrogen-bond donors (Lipinski definition) is 2. The Labute approximate surface area is 119 Å². The fourth-order valence-electron chi connectivity index (χ4n) is 1.71. The van der Waals surface area contributed by atoms with Crippen LogP contribution in [0.1, 0.15) is 36.8 Å². The van der Waals surface area contributed by atoms with Gasteiger partial charge in [0.15, 0.2) is 5.82 Å². The van der Waals surface area contributed by atoms with Crippen molar-refractivity contribution in [2.24, 2.45) is 0 Å². The van der Waals surface area contributed by atoms with E-state index in [9.17, 15) is 18.0 Å². The maximum atomic E-state index is 13.5. The summed E-state index contributed by atoms with van der Waals surface area (Å²) in [5, 5.41) is 8.85. The molecule has 2 N–H and O–H groups in total. The minimum absolute atomic E-state index is 0.132. The van der Waals surface area contributed by atoms with E-state index in [2.05, 4.69) is 15.5 Å². The summed E-state index contributed by atoms with van der Waals surface area (Å²) in [5.41, 5.74) is -0.322. The van der Waals surface area contributed by atoms with Crippen LogP contribution in [0.4, 0.5) is 19.0 Å². The van der Waals surface area contributed by atoms with Crippen LogP contribution in [-0.4, -0.2) is 16.1 Å². The molecule has 0 bridgehead atoms. The Hall–Kier alpha value is -2.31. The lowest BCUT2D eigenvalue weighted by atomic mass is 9.92. The Bertz CT molecular complexity index is 666. The monoisotopic (exact) mass is 297 g/mol. The second kappa shape index (κ2) is 5.23. The summed E-state index contributed by atoms with van der Waals surface area (Å²) < 4.78 is 39.8. The molecule has 0 radical (unpaired) electrons. The number of hydrogen-bond acceptors (Lipinski definition) is 2. The number of aromatic nitrogens is 2. The Balaban J connectivity index is 2.25. The van der Waals surface area contributed by atoms with Crippen LogP contribution in [0.5, 0.6) is 0 Å². The number of rotatable bonds is 2. The maximum absolute atomic E-state index is 13.5. The molecule has 1 heterocycles. The van der Waals surface area contributed by atoms with Gasteiger partial charge in [0.2, 0.25) is 0 Å². The number of benzene rings is 1. The maximum Gasteiger partial charge on any atom is 0.262 e. The van der Waals surface area contributed by atoms with Crippen LogP contribution in [0, 0.1) is 17.5 Å². The lowest BCUT2D eigenvalue weighted by Crippen LogP contribution is -2.16. The third-order valence-electron chi connectivity index (χ3n) is 2.86. The molecule has 2 rings (SSSR count). The first-order chi connectivity index (χ1) is 9.68. The van der Waals surface area contributed by atoms with E-state index in [1.807, 2.05) is 20.8 Å². The lowest BCUT2D eigenvalue weighted by molar-refractivity contribution is 0.101. The van der Waals surface area contributed by atoms with E-state index in [0.29, 0.717) is 12.1 Å². The molecule has 0 unspecified atom stereocenters. The van der Waals surface area contributed by atoms with Crippen molar-refractivity contribution in [2.45, 2.75) is 26.2 Å². The number of aromatic amines is 1.